The van der Waals surface area contributed by atoms with Crippen molar-refractivity contribution in [2.24, 2.45) is 11.7 Å². The highest BCUT2D eigenvalue weighted by molar-refractivity contribution is 5.83. The summed E-state index contributed by atoms with van der Waals surface area (Å²) in [7, 11) is 0. The van der Waals surface area contributed by atoms with Crippen LogP contribution in [0.2, 0.25) is 0 Å². The van der Waals surface area contributed by atoms with Gasteiger partial charge in [-0.2, -0.15) is 0 Å². The van der Waals surface area contributed by atoms with E-state index in [4.69, 9.17) is 10.8 Å². The van der Waals surface area contributed by atoms with Crippen LogP contribution in [0.3, 0.4) is 0 Å². The fourth-order valence-corrected chi connectivity index (χ4v) is 1.75. The minimum absolute atomic E-state index is 0.440. The molecule has 0 aliphatic heterocycles. The predicted molar refractivity (Wildman–Crippen MR) is 62.7 cm³/mol. The lowest BCUT2D eigenvalue weighted by Crippen LogP contribution is -2.34. The third-order valence-electron chi connectivity index (χ3n) is 2.66. The third-order valence-corrected chi connectivity index (χ3v) is 2.66. The van der Waals surface area contributed by atoms with Crippen LogP contribution in [0.5, 0.6) is 0 Å². The first-order chi connectivity index (χ1) is 7.68. The van der Waals surface area contributed by atoms with E-state index in [-0.39, 0.29) is 0 Å². The van der Waals surface area contributed by atoms with Gasteiger partial charge in [0.25, 0.3) is 0 Å². The molecule has 1 aliphatic carbocycles. The Hall–Kier alpha value is -1.87. The Labute approximate surface area is 93.9 Å². The van der Waals surface area contributed by atoms with E-state index in [9.17, 15) is 4.79 Å². The van der Waals surface area contributed by atoms with Crippen molar-refractivity contribution in [2.75, 3.05) is 0 Å². The average Bonchev–Trinajstić information content (AvgIpc) is 2.30. The molecule has 0 aromatic heterocycles. The number of nitrogens with two attached hydrogens (primary N) is 1. The molecule has 0 saturated carbocycles. The van der Waals surface area contributed by atoms with Crippen LogP contribution < -0.4 is 5.73 Å². The molecule has 0 heterocycles. The minimum Gasteiger partial charge on any atom is -0.481 e. The number of aliphatic carboxylic acids is 1. The lowest BCUT2D eigenvalue weighted by Gasteiger charge is -2.19. The van der Waals surface area contributed by atoms with E-state index >= 15 is 0 Å². The Kier molecular flexibility index (Phi) is 2.88. The van der Waals surface area contributed by atoms with Crippen molar-refractivity contribution in [1.82, 2.24) is 0 Å². The number of carbonyl (C=O) groups is 1. The van der Waals surface area contributed by atoms with Gasteiger partial charge >= 0.3 is 5.97 Å². The minimum atomic E-state index is -0.884. The summed E-state index contributed by atoms with van der Waals surface area (Å²) in [5, 5.41) is 9.01. The van der Waals surface area contributed by atoms with Crippen molar-refractivity contribution in [3.05, 3.63) is 54.1 Å². The molecule has 1 aromatic carbocycles. The number of hydrogen-bond acceptors (Lipinski definition) is 2. The molecule has 3 N–H and O–H groups in total. The second-order valence-electron chi connectivity index (χ2n) is 3.79. The average molecular weight is 215 g/mol. The molecule has 3 heteroatoms. The van der Waals surface area contributed by atoms with Crippen LogP contribution in [0.4, 0.5) is 0 Å². The number of carboxylic acid groups (broad SMARTS) is 1. The standard InChI is InChI=1S/C13H13NO2/c14-12-7-6-10(8-11(12)13(15)16)9-4-2-1-3-5-9/h1-8,11-12H,14H2,(H,15,16). The molecule has 1 aliphatic rings. The topological polar surface area (TPSA) is 63.3 Å². The van der Waals surface area contributed by atoms with Crippen LogP contribution in [-0.4, -0.2) is 17.1 Å². The summed E-state index contributed by atoms with van der Waals surface area (Å²) in [5.74, 6) is -1.52. The fourth-order valence-electron chi connectivity index (χ4n) is 1.75. The van der Waals surface area contributed by atoms with Crippen LogP contribution in [0.15, 0.2) is 48.6 Å². The van der Waals surface area contributed by atoms with E-state index in [1.807, 2.05) is 36.4 Å². The van der Waals surface area contributed by atoms with Gasteiger partial charge in [-0.05, 0) is 11.1 Å². The van der Waals surface area contributed by atoms with Gasteiger partial charge in [0.2, 0.25) is 0 Å². The van der Waals surface area contributed by atoms with Crippen molar-refractivity contribution in [3.8, 4) is 0 Å². The molecule has 0 radical (unpaired) electrons. The molecule has 82 valence electrons. The normalized spacial score (nSPS) is 23.9. The molecule has 0 bridgehead atoms. The van der Waals surface area contributed by atoms with Gasteiger partial charge in [0, 0.05) is 6.04 Å². The van der Waals surface area contributed by atoms with Crippen molar-refractivity contribution < 1.29 is 9.90 Å². The molecule has 3 nitrogen and oxygen atoms in total. The lowest BCUT2D eigenvalue weighted by molar-refractivity contribution is -0.140. The zero-order valence-corrected chi connectivity index (χ0v) is 8.71. The van der Waals surface area contributed by atoms with Crippen LogP contribution in [-0.2, 0) is 4.79 Å². The maximum atomic E-state index is 11.0. The van der Waals surface area contributed by atoms with Gasteiger partial charge in [-0.15, -0.1) is 0 Å². The summed E-state index contributed by atoms with van der Waals surface area (Å²) in [6, 6.07) is 9.24. The first kappa shape index (κ1) is 10.6. The fraction of sp³-hybridized carbons (Fsp3) is 0.154. The van der Waals surface area contributed by atoms with Gasteiger partial charge < -0.3 is 10.8 Å². The van der Waals surface area contributed by atoms with Gasteiger partial charge in [0.1, 0.15) is 0 Å². The van der Waals surface area contributed by atoms with Gasteiger partial charge in [0.05, 0.1) is 5.92 Å². The summed E-state index contributed by atoms with van der Waals surface area (Å²) >= 11 is 0. The Morgan fingerprint density at radius 3 is 2.56 bits per heavy atom. The number of rotatable bonds is 2. The smallest absolute Gasteiger partial charge is 0.312 e. The van der Waals surface area contributed by atoms with E-state index in [2.05, 4.69) is 0 Å². The number of allylic oxidation sites excluding steroid dienone is 2. The molecule has 2 atom stereocenters. The van der Waals surface area contributed by atoms with Crippen LogP contribution in [0.25, 0.3) is 5.57 Å². The Morgan fingerprint density at radius 2 is 1.94 bits per heavy atom. The molecule has 0 amide bonds. The number of hydrogen-bond donors (Lipinski definition) is 2. The van der Waals surface area contributed by atoms with E-state index in [0.717, 1.165) is 11.1 Å². The second-order valence-corrected chi connectivity index (χ2v) is 3.79. The highest BCUT2D eigenvalue weighted by atomic mass is 16.4. The first-order valence-corrected chi connectivity index (χ1v) is 5.12. The maximum Gasteiger partial charge on any atom is 0.312 e. The quantitative estimate of drug-likeness (QED) is 0.788. The van der Waals surface area contributed by atoms with Gasteiger partial charge in [-0.25, -0.2) is 0 Å². The third kappa shape index (κ3) is 2.04. The van der Waals surface area contributed by atoms with Crippen molar-refractivity contribution >= 4 is 11.5 Å². The molecule has 0 saturated heterocycles. The number of benzene rings is 1. The Balaban J connectivity index is 2.33. The molecule has 2 unspecified atom stereocenters. The summed E-state index contributed by atoms with van der Waals surface area (Å²) in [6.07, 6.45) is 5.32. The molecule has 2 rings (SSSR count). The predicted octanol–water partition coefficient (Wildman–Crippen LogP) is 1.67. The SMILES string of the molecule is NC1C=CC(c2ccccc2)=CC1C(=O)O. The highest BCUT2D eigenvalue weighted by Crippen LogP contribution is 2.24. The number of carboxylic acids is 1. The summed E-state index contributed by atoms with van der Waals surface area (Å²) < 4.78 is 0. The van der Waals surface area contributed by atoms with Gasteiger partial charge in [0.15, 0.2) is 0 Å². The maximum absolute atomic E-state index is 11.0. The molecular weight excluding hydrogens is 202 g/mol. The molecular formula is C13H13NO2. The second kappa shape index (κ2) is 4.33. The van der Waals surface area contributed by atoms with Crippen LogP contribution in [0, 0.1) is 5.92 Å². The molecule has 0 spiro atoms. The Bertz CT molecular complexity index is 448. The van der Waals surface area contributed by atoms with Crippen molar-refractivity contribution in [3.63, 3.8) is 0 Å². The monoisotopic (exact) mass is 215 g/mol. The van der Waals surface area contributed by atoms with E-state index < -0.39 is 17.9 Å². The largest absolute Gasteiger partial charge is 0.481 e. The zero-order valence-electron chi connectivity index (χ0n) is 8.71. The van der Waals surface area contributed by atoms with E-state index in [1.165, 1.54) is 0 Å². The molecule has 1 aromatic rings. The van der Waals surface area contributed by atoms with Crippen molar-refractivity contribution in [1.29, 1.82) is 0 Å². The van der Waals surface area contributed by atoms with E-state index in [0.29, 0.717) is 0 Å². The lowest BCUT2D eigenvalue weighted by atomic mass is 9.89. The van der Waals surface area contributed by atoms with Crippen LogP contribution in [0.1, 0.15) is 5.56 Å². The van der Waals surface area contributed by atoms with E-state index in [1.54, 1.807) is 12.2 Å². The zero-order chi connectivity index (χ0) is 11.5. The Morgan fingerprint density at radius 1 is 1.25 bits per heavy atom. The van der Waals surface area contributed by atoms with Crippen molar-refractivity contribution in [2.45, 2.75) is 6.04 Å². The highest BCUT2D eigenvalue weighted by Gasteiger charge is 2.24. The summed E-state index contributed by atoms with van der Waals surface area (Å²) in [4.78, 5) is 11.0. The molecule has 16 heavy (non-hydrogen) atoms. The van der Waals surface area contributed by atoms with Gasteiger partial charge in [-0.3, -0.25) is 4.79 Å². The first-order valence-electron chi connectivity index (χ1n) is 5.12. The summed E-state index contributed by atoms with van der Waals surface area (Å²) in [5.41, 5.74) is 7.63. The summed E-state index contributed by atoms with van der Waals surface area (Å²) in [6.45, 7) is 0. The molecule has 0 fully saturated rings. The van der Waals surface area contributed by atoms with Crippen LogP contribution >= 0.6 is 0 Å². The van der Waals surface area contributed by atoms with Gasteiger partial charge in [-0.1, -0.05) is 48.6 Å².